The Labute approximate surface area is 119 Å². The molecule has 1 aromatic heterocycles. The predicted molar refractivity (Wildman–Crippen MR) is 76.5 cm³/mol. The molecule has 98 valence electrons. The van der Waals surface area contributed by atoms with Crippen molar-refractivity contribution < 1.29 is 9.53 Å². The number of aromatic nitrogens is 1. The van der Waals surface area contributed by atoms with Crippen molar-refractivity contribution in [3.8, 4) is 11.5 Å². The van der Waals surface area contributed by atoms with Crippen LogP contribution in [0.2, 0.25) is 0 Å². The summed E-state index contributed by atoms with van der Waals surface area (Å²) in [6.07, 6.45) is 1.55. The van der Waals surface area contributed by atoms with Crippen molar-refractivity contribution in [1.29, 1.82) is 0 Å². The highest BCUT2D eigenvalue weighted by molar-refractivity contribution is 9.10. The van der Waals surface area contributed by atoms with Crippen molar-refractivity contribution in [2.75, 3.05) is 6.54 Å². The van der Waals surface area contributed by atoms with Crippen LogP contribution in [0.3, 0.4) is 0 Å². The van der Waals surface area contributed by atoms with Crippen LogP contribution in [-0.4, -0.2) is 17.4 Å². The van der Waals surface area contributed by atoms with Gasteiger partial charge in [0, 0.05) is 23.3 Å². The number of carbonyl (C=O) groups is 1. The van der Waals surface area contributed by atoms with Crippen molar-refractivity contribution in [3.05, 3.63) is 52.8 Å². The molecule has 0 saturated heterocycles. The Balaban J connectivity index is 2.15. The molecule has 2 aromatic rings. The van der Waals surface area contributed by atoms with Gasteiger partial charge in [-0.3, -0.25) is 9.78 Å². The number of halogens is 1. The van der Waals surface area contributed by atoms with Gasteiger partial charge < -0.3 is 10.1 Å². The van der Waals surface area contributed by atoms with Crippen LogP contribution < -0.4 is 10.1 Å². The summed E-state index contributed by atoms with van der Waals surface area (Å²) < 4.78 is 6.65. The van der Waals surface area contributed by atoms with E-state index in [1.165, 1.54) is 0 Å². The molecular formula is C14H13BrN2O2. The quantitative estimate of drug-likeness (QED) is 0.939. The van der Waals surface area contributed by atoms with Crippen molar-refractivity contribution in [1.82, 2.24) is 10.3 Å². The minimum absolute atomic E-state index is 0.205. The molecule has 5 heteroatoms. The molecule has 4 nitrogen and oxygen atoms in total. The van der Waals surface area contributed by atoms with Gasteiger partial charge in [-0.15, -0.1) is 0 Å². The molecule has 1 heterocycles. The molecule has 0 saturated carbocycles. The molecule has 0 unspecified atom stereocenters. The van der Waals surface area contributed by atoms with Gasteiger partial charge in [0.2, 0.25) is 0 Å². The molecule has 0 aliphatic rings. The third-order valence-corrected chi connectivity index (χ3v) is 2.88. The molecule has 19 heavy (non-hydrogen) atoms. The van der Waals surface area contributed by atoms with Gasteiger partial charge in [0.1, 0.15) is 17.2 Å². The normalized spacial score (nSPS) is 10.0. The van der Waals surface area contributed by atoms with Crippen molar-refractivity contribution in [2.24, 2.45) is 0 Å². The highest BCUT2D eigenvalue weighted by Gasteiger charge is 2.07. The van der Waals surface area contributed by atoms with Crippen LogP contribution in [0.1, 0.15) is 17.4 Å². The molecule has 0 aliphatic heterocycles. The third-order valence-electron chi connectivity index (χ3n) is 2.35. The maximum atomic E-state index is 11.7. The van der Waals surface area contributed by atoms with Gasteiger partial charge in [0.15, 0.2) is 0 Å². The largest absolute Gasteiger partial charge is 0.457 e. The molecule has 0 spiro atoms. The second-order valence-corrected chi connectivity index (χ2v) is 4.71. The van der Waals surface area contributed by atoms with E-state index in [0.717, 1.165) is 4.47 Å². The highest BCUT2D eigenvalue weighted by Crippen LogP contribution is 2.23. The number of pyridine rings is 1. The highest BCUT2D eigenvalue weighted by atomic mass is 79.9. The van der Waals surface area contributed by atoms with Crippen LogP contribution in [-0.2, 0) is 0 Å². The summed E-state index contributed by atoms with van der Waals surface area (Å²) in [6, 6.07) is 10.8. The number of carbonyl (C=O) groups excluding carboxylic acids is 1. The van der Waals surface area contributed by atoms with E-state index in [1.54, 1.807) is 18.3 Å². The summed E-state index contributed by atoms with van der Waals surface area (Å²) in [7, 11) is 0. The first-order valence-electron chi connectivity index (χ1n) is 5.86. The average Bonchev–Trinajstić information content (AvgIpc) is 2.42. The van der Waals surface area contributed by atoms with Crippen molar-refractivity contribution in [2.45, 2.75) is 6.92 Å². The van der Waals surface area contributed by atoms with E-state index in [4.69, 9.17) is 4.74 Å². The Bertz CT molecular complexity index is 570. The predicted octanol–water partition coefficient (Wildman–Crippen LogP) is 3.39. The lowest BCUT2D eigenvalue weighted by atomic mass is 10.3. The molecule has 2 rings (SSSR count). The monoisotopic (exact) mass is 320 g/mol. The zero-order valence-electron chi connectivity index (χ0n) is 10.4. The summed E-state index contributed by atoms with van der Waals surface area (Å²) in [5.41, 5.74) is 0.344. The van der Waals surface area contributed by atoms with Gasteiger partial charge >= 0.3 is 0 Å². The second kappa shape index (κ2) is 6.33. The van der Waals surface area contributed by atoms with E-state index < -0.39 is 0 Å². The fraction of sp³-hybridized carbons (Fsp3) is 0.143. The van der Waals surface area contributed by atoms with E-state index in [-0.39, 0.29) is 5.91 Å². The van der Waals surface area contributed by atoms with Gasteiger partial charge in [0.05, 0.1) is 0 Å². The Hall–Kier alpha value is -1.88. The maximum absolute atomic E-state index is 11.7. The molecule has 0 atom stereocenters. The first kappa shape index (κ1) is 13.5. The minimum atomic E-state index is -0.205. The number of rotatable bonds is 4. The van der Waals surface area contributed by atoms with Crippen LogP contribution in [0.5, 0.6) is 11.5 Å². The second-order valence-electron chi connectivity index (χ2n) is 3.79. The average molecular weight is 321 g/mol. The van der Waals surface area contributed by atoms with Crippen molar-refractivity contribution >= 4 is 21.8 Å². The van der Waals surface area contributed by atoms with E-state index in [2.05, 4.69) is 26.2 Å². The van der Waals surface area contributed by atoms with Gasteiger partial charge in [-0.25, -0.2) is 0 Å². The molecular weight excluding hydrogens is 308 g/mol. The van der Waals surface area contributed by atoms with Crippen LogP contribution in [0.4, 0.5) is 0 Å². The minimum Gasteiger partial charge on any atom is -0.457 e. The Morgan fingerprint density at radius 1 is 1.26 bits per heavy atom. The van der Waals surface area contributed by atoms with Crippen LogP contribution >= 0.6 is 15.9 Å². The maximum Gasteiger partial charge on any atom is 0.270 e. The number of nitrogens with zero attached hydrogens (tertiary/aromatic N) is 1. The van der Waals surface area contributed by atoms with E-state index in [0.29, 0.717) is 23.7 Å². The molecule has 0 radical (unpaired) electrons. The fourth-order valence-corrected chi connectivity index (χ4v) is 1.75. The Morgan fingerprint density at radius 2 is 2.00 bits per heavy atom. The topological polar surface area (TPSA) is 51.2 Å². The molecule has 0 aliphatic carbocycles. The van der Waals surface area contributed by atoms with Crippen LogP contribution in [0.25, 0.3) is 0 Å². The van der Waals surface area contributed by atoms with Crippen LogP contribution in [0.15, 0.2) is 47.1 Å². The molecule has 1 aromatic carbocycles. The first-order valence-corrected chi connectivity index (χ1v) is 6.66. The molecule has 1 N–H and O–H groups in total. The fourth-order valence-electron chi connectivity index (χ4n) is 1.49. The first-order chi connectivity index (χ1) is 9.19. The third kappa shape index (κ3) is 3.79. The van der Waals surface area contributed by atoms with Gasteiger partial charge in [-0.1, -0.05) is 15.9 Å². The van der Waals surface area contributed by atoms with Gasteiger partial charge in [-0.2, -0.15) is 0 Å². The van der Waals surface area contributed by atoms with Gasteiger partial charge in [-0.05, 0) is 37.3 Å². The molecule has 0 bridgehead atoms. The number of amides is 1. The summed E-state index contributed by atoms with van der Waals surface area (Å²) in [5, 5.41) is 2.70. The zero-order chi connectivity index (χ0) is 13.7. The van der Waals surface area contributed by atoms with E-state index >= 15 is 0 Å². The summed E-state index contributed by atoms with van der Waals surface area (Å²) in [4.78, 5) is 15.7. The smallest absolute Gasteiger partial charge is 0.270 e. The number of hydrogen-bond acceptors (Lipinski definition) is 3. The van der Waals surface area contributed by atoms with Crippen molar-refractivity contribution in [3.63, 3.8) is 0 Å². The lowest BCUT2D eigenvalue weighted by Crippen LogP contribution is -2.23. The lowest BCUT2D eigenvalue weighted by molar-refractivity contribution is 0.0950. The zero-order valence-corrected chi connectivity index (χ0v) is 12.0. The Morgan fingerprint density at radius 3 is 2.68 bits per heavy atom. The Kier molecular flexibility index (Phi) is 4.52. The van der Waals surface area contributed by atoms with Gasteiger partial charge in [0.25, 0.3) is 5.91 Å². The summed E-state index contributed by atoms with van der Waals surface area (Å²) in [5.74, 6) is 1.08. The summed E-state index contributed by atoms with van der Waals surface area (Å²) >= 11 is 3.36. The number of benzene rings is 1. The number of nitrogens with one attached hydrogen (secondary N) is 1. The molecule has 0 fully saturated rings. The lowest BCUT2D eigenvalue weighted by Gasteiger charge is -2.07. The van der Waals surface area contributed by atoms with E-state index in [1.807, 2.05) is 31.2 Å². The standard InChI is InChI=1S/C14H13BrN2O2/c1-2-16-14(18)13-9-12(7-8-17-13)19-11-5-3-10(15)4-6-11/h3-9H,2H2,1H3,(H,16,18). The van der Waals surface area contributed by atoms with E-state index in [9.17, 15) is 4.79 Å². The van der Waals surface area contributed by atoms with Crippen LogP contribution in [0, 0.1) is 0 Å². The summed E-state index contributed by atoms with van der Waals surface area (Å²) in [6.45, 7) is 2.43. The number of hydrogen-bond donors (Lipinski definition) is 1. The molecule has 1 amide bonds. The number of ether oxygens (including phenoxy) is 1. The SMILES string of the molecule is CCNC(=O)c1cc(Oc2ccc(Br)cc2)ccn1.